The fourth-order valence-electron chi connectivity index (χ4n) is 1.64. The van der Waals surface area contributed by atoms with Crippen LogP contribution in [0.4, 0.5) is 17.5 Å². The lowest BCUT2D eigenvalue weighted by Crippen LogP contribution is -2.06. The van der Waals surface area contributed by atoms with Gasteiger partial charge in [-0.1, -0.05) is 6.08 Å². The first-order valence-electron chi connectivity index (χ1n) is 6.75. The first-order valence-corrected chi connectivity index (χ1v) is 6.75. The molecule has 0 spiro atoms. The van der Waals surface area contributed by atoms with Gasteiger partial charge in [0.2, 0.25) is 5.95 Å². The number of aromatic nitrogens is 3. The van der Waals surface area contributed by atoms with Crippen LogP contribution in [0.1, 0.15) is 13.8 Å². The highest BCUT2D eigenvalue weighted by molar-refractivity contribution is 5.55. The van der Waals surface area contributed by atoms with Crippen LogP contribution in [0.3, 0.4) is 0 Å². The van der Waals surface area contributed by atoms with E-state index in [-0.39, 0.29) is 6.10 Å². The Labute approximate surface area is 124 Å². The van der Waals surface area contributed by atoms with Crippen molar-refractivity contribution < 1.29 is 4.74 Å². The van der Waals surface area contributed by atoms with E-state index in [9.17, 15) is 0 Å². The quantitative estimate of drug-likeness (QED) is 0.762. The molecule has 1 heterocycles. The number of nitrogens with zero attached hydrogens (tertiary/aromatic N) is 3. The number of nitrogens with one attached hydrogen (secondary N) is 2. The number of benzene rings is 1. The molecule has 0 saturated carbocycles. The largest absolute Gasteiger partial charge is 0.491 e. The lowest BCUT2D eigenvalue weighted by molar-refractivity contribution is 0.242. The second-order valence-electron chi connectivity index (χ2n) is 4.65. The Bertz CT molecular complexity index is 583. The molecule has 110 valence electrons. The number of hydrogen-bond donors (Lipinski definition) is 2. The smallest absolute Gasteiger partial charge is 0.249 e. The van der Waals surface area contributed by atoms with Crippen LogP contribution < -0.4 is 15.4 Å². The van der Waals surface area contributed by atoms with Crippen molar-refractivity contribution in [3.8, 4) is 5.75 Å². The van der Waals surface area contributed by atoms with Gasteiger partial charge >= 0.3 is 0 Å². The number of ether oxygens (including phenoxy) is 1. The third-order valence-electron chi connectivity index (χ3n) is 2.47. The lowest BCUT2D eigenvalue weighted by atomic mass is 10.3. The molecule has 1 aromatic carbocycles. The van der Waals surface area contributed by atoms with E-state index in [0.29, 0.717) is 18.3 Å². The molecule has 2 N–H and O–H groups in total. The second kappa shape index (κ2) is 7.23. The predicted octanol–water partition coefficient (Wildman–Crippen LogP) is 3.00. The maximum atomic E-state index is 5.59. The molecule has 0 aliphatic carbocycles. The van der Waals surface area contributed by atoms with Gasteiger partial charge in [0.25, 0.3) is 0 Å². The summed E-state index contributed by atoms with van der Waals surface area (Å²) in [6, 6.07) is 7.61. The SMILES string of the molecule is C=CCNc1cnnc(Nc2ccc(OC(C)C)cc2)n1. The maximum Gasteiger partial charge on any atom is 0.249 e. The zero-order chi connectivity index (χ0) is 15.1. The minimum atomic E-state index is 0.156. The van der Waals surface area contributed by atoms with E-state index in [4.69, 9.17) is 4.74 Å². The summed E-state index contributed by atoms with van der Waals surface area (Å²) >= 11 is 0. The topological polar surface area (TPSA) is 72.0 Å². The van der Waals surface area contributed by atoms with Crippen molar-refractivity contribution in [2.75, 3.05) is 17.2 Å². The highest BCUT2D eigenvalue weighted by Gasteiger charge is 2.02. The molecule has 0 aliphatic rings. The van der Waals surface area contributed by atoms with Gasteiger partial charge in [-0.15, -0.1) is 11.7 Å². The van der Waals surface area contributed by atoms with Gasteiger partial charge < -0.3 is 15.4 Å². The molecule has 0 aliphatic heterocycles. The summed E-state index contributed by atoms with van der Waals surface area (Å²) in [4.78, 5) is 4.30. The zero-order valence-corrected chi connectivity index (χ0v) is 12.2. The standard InChI is InChI=1S/C15H19N5O/c1-4-9-16-14-10-17-20-15(19-14)18-12-5-7-13(8-6-12)21-11(2)3/h4-8,10-11H,1,9H2,2-3H3,(H2,16,18,19,20). The van der Waals surface area contributed by atoms with Gasteiger partial charge in [0, 0.05) is 12.2 Å². The Morgan fingerprint density at radius 3 is 2.71 bits per heavy atom. The average molecular weight is 285 g/mol. The van der Waals surface area contributed by atoms with Crippen molar-refractivity contribution in [3.05, 3.63) is 43.1 Å². The van der Waals surface area contributed by atoms with E-state index in [0.717, 1.165) is 11.4 Å². The fraction of sp³-hybridized carbons (Fsp3) is 0.267. The summed E-state index contributed by atoms with van der Waals surface area (Å²) in [6.07, 6.45) is 3.47. The van der Waals surface area contributed by atoms with Crippen molar-refractivity contribution in [3.63, 3.8) is 0 Å². The molecule has 0 amide bonds. The Balaban J connectivity index is 2.02. The zero-order valence-electron chi connectivity index (χ0n) is 12.2. The number of hydrogen-bond acceptors (Lipinski definition) is 6. The van der Waals surface area contributed by atoms with Gasteiger partial charge in [-0.2, -0.15) is 10.1 Å². The van der Waals surface area contributed by atoms with Gasteiger partial charge in [0.15, 0.2) is 5.82 Å². The lowest BCUT2D eigenvalue weighted by Gasteiger charge is -2.10. The summed E-state index contributed by atoms with van der Waals surface area (Å²) in [6.45, 7) is 8.25. The number of anilines is 3. The predicted molar refractivity (Wildman–Crippen MR) is 84.0 cm³/mol. The van der Waals surface area contributed by atoms with E-state index in [2.05, 4.69) is 32.4 Å². The van der Waals surface area contributed by atoms with Gasteiger partial charge in [0.05, 0.1) is 12.3 Å². The van der Waals surface area contributed by atoms with Gasteiger partial charge in [-0.05, 0) is 38.1 Å². The second-order valence-corrected chi connectivity index (χ2v) is 4.65. The molecule has 1 aromatic heterocycles. The Morgan fingerprint density at radius 1 is 1.29 bits per heavy atom. The molecule has 2 aromatic rings. The fourth-order valence-corrected chi connectivity index (χ4v) is 1.64. The van der Waals surface area contributed by atoms with Crippen LogP contribution in [-0.2, 0) is 0 Å². The van der Waals surface area contributed by atoms with Crippen molar-refractivity contribution in [2.45, 2.75) is 20.0 Å². The van der Waals surface area contributed by atoms with Crippen LogP contribution in [0.15, 0.2) is 43.1 Å². The molecule has 0 saturated heterocycles. The molecule has 21 heavy (non-hydrogen) atoms. The molecule has 0 fully saturated rings. The third-order valence-corrected chi connectivity index (χ3v) is 2.47. The number of rotatable bonds is 7. The summed E-state index contributed by atoms with van der Waals surface area (Å²) in [5, 5.41) is 14.0. The van der Waals surface area contributed by atoms with Crippen LogP contribution in [0.2, 0.25) is 0 Å². The van der Waals surface area contributed by atoms with E-state index >= 15 is 0 Å². The summed E-state index contributed by atoms with van der Waals surface area (Å²) in [5.74, 6) is 1.91. The van der Waals surface area contributed by atoms with Crippen LogP contribution >= 0.6 is 0 Å². The molecule has 6 heteroatoms. The van der Waals surface area contributed by atoms with Crippen molar-refractivity contribution in [1.82, 2.24) is 15.2 Å². The highest BCUT2D eigenvalue weighted by Crippen LogP contribution is 2.19. The van der Waals surface area contributed by atoms with Gasteiger partial charge in [0.1, 0.15) is 5.75 Å². The molecule has 0 unspecified atom stereocenters. The van der Waals surface area contributed by atoms with Gasteiger partial charge in [-0.3, -0.25) is 0 Å². The van der Waals surface area contributed by atoms with Crippen molar-refractivity contribution in [2.24, 2.45) is 0 Å². The van der Waals surface area contributed by atoms with Gasteiger partial charge in [-0.25, -0.2) is 0 Å². The molecule has 0 bridgehead atoms. The summed E-state index contributed by atoms with van der Waals surface area (Å²) < 4.78 is 5.59. The maximum absolute atomic E-state index is 5.59. The molecular weight excluding hydrogens is 266 g/mol. The molecule has 6 nitrogen and oxygen atoms in total. The van der Waals surface area contributed by atoms with E-state index in [1.807, 2.05) is 38.1 Å². The van der Waals surface area contributed by atoms with Crippen LogP contribution in [-0.4, -0.2) is 27.8 Å². The third kappa shape index (κ3) is 4.76. The molecular formula is C15H19N5O. The Hall–Kier alpha value is -2.63. The minimum absolute atomic E-state index is 0.156. The highest BCUT2D eigenvalue weighted by atomic mass is 16.5. The Morgan fingerprint density at radius 2 is 2.05 bits per heavy atom. The monoisotopic (exact) mass is 285 g/mol. The Kier molecular flexibility index (Phi) is 5.09. The molecule has 0 radical (unpaired) electrons. The summed E-state index contributed by atoms with van der Waals surface area (Å²) in [7, 11) is 0. The normalized spacial score (nSPS) is 10.2. The molecule has 2 rings (SSSR count). The van der Waals surface area contributed by atoms with Crippen molar-refractivity contribution >= 4 is 17.5 Å². The minimum Gasteiger partial charge on any atom is -0.491 e. The summed E-state index contributed by atoms with van der Waals surface area (Å²) in [5.41, 5.74) is 0.869. The average Bonchev–Trinajstić information content (AvgIpc) is 2.47. The van der Waals surface area contributed by atoms with E-state index in [1.54, 1.807) is 12.3 Å². The first-order chi connectivity index (χ1) is 10.2. The van der Waals surface area contributed by atoms with E-state index < -0.39 is 0 Å². The van der Waals surface area contributed by atoms with E-state index in [1.165, 1.54) is 0 Å². The first kappa shape index (κ1) is 14.8. The molecule has 0 atom stereocenters. The van der Waals surface area contributed by atoms with Crippen LogP contribution in [0.5, 0.6) is 5.75 Å². The van der Waals surface area contributed by atoms with Crippen LogP contribution in [0.25, 0.3) is 0 Å². The van der Waals surface area contributed by atoms with Crippen LogP contribution in [0, 0.1) is 0 Å². The van der Waals surface area contributed by atoms with Crippen molar-refractivity contribution in [1.29, 1.82) is 0 Å².